The second kappa shape index (κ2) is 7.80. The number of halogens is 1. The summed E-state index contributed by atoms with van der Waals surface area (Å²) in [5.41, 5.74) is 3.34. The second-order valence-electron chi connectivity index (χ2n) is 5.11. The molecule has 4 nitrogen and oxygen atoms in total. The molecular weight excluding hydrogens is 296 g/mol. The Hall–Kier alpha value is -2.07. The molecule has 2 rings (SSSR count). The van der Waals surface area contributed by atoms with Crippen molar-refractivity contribution in [3.05, 3.63) is 64.4 Å². The van der Waals surface area contributed by atoms with Crippen molar-refractivity contribution >= 4 is 17.6 Å². The summed E-state index contributed by atoms with van der Waals surface area (Å²) in [5, 5.41) is 7.39. The van der Waals surface area contributed by atoms with E-state index in [1.54, 1.807) is 13.2 Å². The van der Waals surface area contributed by atoms with Crippen molar-refractivity contribution in [1.82, 2.24) is 15.6 Å². The van der Waals surface area contributed by atoms with Crippen molar-refractivity contribution in [3.63, 3.8) is 0 Å². The third-order valence-corrected chi connectivity index (χ3v) is 3.74. The molecule has 2 aromatic rings. The minimum absolute atomic E-state index is 0.133. The number of aliphatic imine (C=N–C) groups is 1. The molecule has 1 atom stereocenters. The van der Waals surface area contributed by atoms with Crippen molar-refractivity contribution in [1.29, 1.82) is 0 Å². The average Bonchev–Trinajstić information content (AvgIpc) is 2.53. The van der Waals surface area contributed by atoms with Crippen LogP contribution in [0.4, 0.5) is 0 Å². The van der Waals surface area contributed by atoms with Gasteiger partial charge in [0, 0.05) is 18.3 Å². The zero-order chi connectivity index (χ0) is 15.9. The molecule has 0 aliphatic carbocycles. The van der Waals surface area contributed by atoms with Crippen LogP contribution in [0.1, 0.15) is 29.8 Å². The SMILES string of the molecule is CN=C(NCc1ncccc1C)NC(C)c1ccc(Cl)cc1. The highest BCUT2D eigenvalue weighted by molar-refractivity contribution is 6.30. The number of hydrogen-bond acceptors (Lipinski definition) is 2. The number of guanidine groups is 1. The van der Waals surface area contributed by atoms with Crippen molar-refractivity contribution in [2.75, 3.05) is 7.05 Å². The number of aromatic nitrogens is 1. The standard InChI is InChI=1S/C17H21ClN4/c1-12-5-4-10-20-16(12)11-21-17(19-3)22-13(2)14-6-8-15(18)9-7-14/h4-10,13H,11H2,1-3H3,(H2,19,21,22). The topological polar surface area (TPSA) is 49.3 Å². The molecule has 1 heterocycles. The van der Waals surface area contributed by atoms with Gasteiger partial charge in [-0.3, -0.25) is 9.98 Å². The highest BCUT2D eigenvalue weighted by atomic mass is 35.5. The molecule has 0 saturated heterocycles. The first kappa shape index (κ1) is 16.3. The maximum atomic E-state index is 5.92. The Morgan fingerprint density at radius 1 is 1.27 bits per heavy atom. The van der Waals surface area contributed by atoms with Crippen LogP contribution in [0.5, 0.6) is 0 Å². The highest BCUT2D eigenvalue weighted by Gasteiger charge is 2.08. The van der Waals surface area contributed by atoms with Crippen LogP contribution in [0.2, 0.25) is 5.02 Å². The van der Waals surface area contributed by atoms with Gasteiger partial charge in [-0.25, -0.2) is 0 Å². The Bertz CT molecular complexity index is 637. The van der Waals surface area contributed by atoms with Gasteiger partial charge in [0.15, 0.2) is 5.96 Å². The highest BCUT2D eigenvalue weighted by Crippen LogP contribution is 2.15. The zero-order valence-electron chi connectivity index (χ0n) is 13.1. The molecule has 0 amide bonds. The summed E-state index contributed by atoms with van der Waals surface area (Å²) in [5.74, 6) is 0.743. The molecule has 0 radical (unpaired) electrons. The number of aryl methyl sites for hydroxylation is 1. The van der Waals surface area contributed by atoms with E-state index in [1.807, 2.05) is 30.3 Å². The van der Waals surface area contributed by atoms with Crippen LogP contribution in [0.15, 0.2) is 47.6 Å². The second-order valence-corrected chi connectivity index (χ2v) is 5.55. The van der Waals surface area contributed by atoms with E-state index in [1.165, 1.54) is 0 Å². The lowest BCUT2D eigenvalue weighted by Gasteiger charge is -2.18. The first-order valence-electron chi connectivity index (χ1n) is 7.23. The van der Waals surface area contributed by atoms with Crippen molar-refractivity contribution in [2.45, 2.75) is 26.4 Å². The van der Waals surface area contributed by atoms with Gasteiger partial charge >= 0.3 is 0 Å². The minimum atomic E-state index is 0.133. The lowest BCUT2D eigenvalue weighted by atomic mass is 10.1. The fourth-order valence-electron chi connectivity index (χ4n) is 2.11. The first-order valence-corrected chi connectivity index (χ1v) is 7.61. The maximum Gasteiger partial charge on any atom is 0.191 e. The summed E-state index contributed by atoms with van der Waals surface area (Å²) in [6.45, 7) is 4.78. The molecule has 0 spiro atoms. The Morgan fingerprint density at radius 2 is 2.00 bits per heavy atom. The predicted octanol–water partition coefficient (Wildman–Crippen LogP) is 3.47. The van der Waals surface area contributed by atoms with Crippen LogP contribution in [-0.2, 0) is 6.54 Å². The molecule has 1 aromatic heterocycles. The van der Waals surface area contributed by atoms with Gasteiger partial charge in [0.1, 0.15) is 0 Å². The smallest absolute Gasteiger partial charge is 0.191 e. The largest absolute Gasteiger partial charge is 0.351 e. The number of benzene rings is 1. The molecule has 116 valence electrons. The molecule has 1 unspecified atom stereocenters. The van der Waals surface area contributed by atoms with E-state index in [4.69, 9.17) is 11.6 Å². The molecule has 1 aromatic carbocycles. The Balaban J connectivity index is 1.95. The van der Waals surface area contributed by atoms with Gasteiger partial charge in [0.05, 0.1) is 18.3 Å². The summed E-state index contributed by atoms with van der Waals surface area (Å²) in [4.78, 5) is 8.63. The van der Waals surface area contributed by atoms with Crippen LogP contribution in [0, 0.1) is 6.92 Å². The minimum Gasteiger partial charge on any atom is -0.351 e. The maximum absolute atomic E-state index is 5.92. The predicted molar refractivity (Wildman–Crippen MR) is 92.2 cm³/mol. The lowest BCUT2D eigenvalue weighted by molar-refractivity contribution is 0.682. The van der Waals surface area contributed by atoms with E-state index >= 15 is 0 Å². The molecule has 2 N–H and O–H groups in total. The summed E-state index contributed by atoms with van der Waals surface area (Å²) in [6, 6.07) is 11.9. The third kappa shape index (κ3) is 4.46. The summed E-state index contributed by atoms with van der Waals surface area (Å²) in [7, 11) is 1.76. The Labute approximate surface area is 136 Å². The van der Waals surface area contributed by atoms with E-state index in [-0.39, 0.29) is 6.04 Å². The molecule has 0 fully saturated rings. The zero-order valence-corrected chi connectivity index (χ0v) is 13.9. The van der Waals surface area contributed by atoms with Gasteiger partial charge in [-0.1, -0.05) is 29.8 Å². The fraction of sp³-hybridized carbons (Fsp3) is 0.294. The van der Waals surface area contributed by atoms with Gasteiger partial charge < -0.3 is 10.6 Å². The Morgan fingerprint density at radius 3 is 2.64 bits per heavy atom. The van der Waals surface area contributed by atoms with Gasteiger partial charge in [0.2, 0.25) is 0 Å². The van der Waals surface area contributed by atoms with Crippen LogP contribution in [0.3, 0.4) is 0 Å². The average molecular weight is 317 g/mol. The van der Waals surface area contributed by atoms with Crippen LogP contribution in [0.25, 0.3) is 0 Å². The fourth-order valence-corrected chi connectivity index (χ4v) is 2.23. The van der Waals surface area contributed by atoms with Crippen LogP contribution in [-0.4, -0.2) is 18.0 Å². The number of hydrogen-bond donors (Lipinski definition) is 2. The Kier molecular flexibility index (Phi) is 5.78. The molecule has 0 bridgehead atoms. The van der Waals surface area contributed by atoms with Crippen LogP contribution < -0.4 is 10.6 Å². The van der Waals surface area contributed by atoms with Gasteiger partial charge in [-0.15, -0.1) is 0 Å². The third-order valence-electron chi connectivity index (χ3n) is 3.49. The van der Waals surface area contributed by atoms with E-state index in [9.17, 15) is 0 Å². The molecule has 22 heavy (non-hydrogen) atoms. The van der Waals surface area contributed by atoms with Crippen molar-refractivity contribution in [3.8, 4) is 0 Å². The van der Waals surface area contributed by atoms with Gasteiger partial charge in [0.25, 0.3) is 0 Å². The van der Waals surface area contributed by atoms with E-state index < -0.39 is 0 Å². The number of nitrogens with zero attached hydrogens (tertiary/aromatic N) is 2. The van der Waals surface area contributed by atoms with E-state index in [0.717, 1.165) is 27.8 Å². The quantitative estimate of drug-likeness (QED) is 0.671. The van der Waals surface area contributed by atoms with Crippen molar-refractivity contribution in [2.24, 2.45) is 4.99 Å². The summed E-state index contributed by atoms with van der Waals surface area (Å²) < 4.78 is 0. The molecule has 0 aliphatic heterocycles. The number of pyridine rings is 1. The van der Waals surface area contributed by atoms with Gasteiger partial charge in [-0.2, -0.15) is 0 Å². The van der Waals surface area contributed by atoms with E-state index in [2.05, 4.69) is 40.5 Å². The molecular formula is C17H21ClN4. The van der Waals surface area contributed by atoms with Crippen LogP contribution >= 0.6 is 11.6 Å². The number of rotatable bonds is 4. The normalized spacial score (nSPS) is 12.8. The monoisotopic (exact) mass is 316 g/mol. The van der Waals surface area contributed by atoms with Crippen molar-refractivity contribution < 1.29 is 0 Å². The molecule has 0 saturated carbocycles. The molecule has 0 aliphatic rings. The van der Waals surface area contributed by atoms with Gasteiger partial charge in [-0.05, 0) is 43.2 Å². The van der Waals surface area contributed by atoms with E-state index in [0.29, 0.717) is 6.54 Å². The summed E-state index contributed by atoms with van der Waals surface area (Å²) in [6.07, 6.45) is 1.80. The molecule has 5 heteroatoms. The number of nitrogens with one attached hydrogen (secondary N) is 2. The lowest BCUT2D eigenvalue weighted by Crippen LogP contribution is -2.38. The first-order chi connectivity index (χ1) is 10.6. The summed E-state index contributed by atoms with van der Waals surface area (Å²) >= 11 is 5.92.